The number of amides is 1. The van der Waals surface area contributed by atoms with Gasteiger partial charge in [0.1, 0.15) is 5.00 Å². The van der Waals surface area contributed by atoms with Gasteiger partial charge in [-0.1, -0.05) is 37.3 Å². The number of methoxy groups -OCH3 is 3. The fourth-order valence-corrected chi connectivity index (χ4v) is 4.49. The van der Waals surface area contributed by atoms with Crippen LogP contribution in [0.15, 0.2) is 48.5 Å². The van der Waals surface area contributed by atoms with E-state index >= 15 is 0 Å². The molecule has 1 aromatic heterocycles. The molecule has 8 heteroatoms. The highest BCUT2D eigenvalue weighted by Gasteiger charge is 2.24. The largest absolute Gasteiger partial charge is 0.493 e. The number of carbonyl (C=O) groups is 2. The maximum atomic E-state index is 13.1. The van der Waals surface area contributed by atoms with E-state index in [1.807, 2.05) is 30.3 Å². The summed E-state index contributed by atoms with van der Waals surface area (Å²) in [5.41, 5.74) is 1.72. The molecule has 3 rings (SSSR count). The average Bonchev–Trinajstić information content (AvgIpc) is 3.26. The standard InChI is InChI=1S/C25H27NO6S/c1-6-32-25(28)18-14-21(15(2)16-10-8-7-9-11-16)33-24(18)26-23(27)17-12-19(29-3)22(31-5)20(13-17)30-4/h7-15H,6H2,1-5H3,(H,26,27)/t15-/m1/s1. The fourth-order valence-electron chi connectivity index (χ4n) is 3.37. The summed E-state index contributed by atoms with van der Waals surface area (Å²) in [5, 5.41) is 3.28. The van der Waals surface area contributed by atoms with Crippen LogP contribution in [0.2, 0.25) is 0 Å². The van der Waals surface area contributed by atoms with E-state index in [0.717, 1.165) is 10.4 Å². The average molecular weight is 470 g/mol. The van der Waals surface area contributed by atoms with E-state index in [1.165, 1.54) is 32.7 Å². The molecule has 0 fully saturated rings. The van der Waals surface area contributed by atoms with E-state index in [2.05, 4.69) is 12.2 Å². The number of benzene rings is 2. The van der Waals surface area contributed by atoms with Crippen molar-refractivity contribution in [2.24, 2.45) is 0 Å². The Hall–Kier alpha value is -3.52. The third kappa shape index (κ3) is 5.28. The quantitative estimate of drug-likeness (QED) is 0.425. The van der Waals surface area contributed by atoms with Crippen LogP contribution in [0.25, 0.3) is 0 Å². The van der Waals surface area contributed by atoms with E-state index in [4.69, 9.17) is 18.9 Å². The first-order chi connectivity index (χ1) is 15.9. The first kappa shape index (κ1) is 24.1. The molecule has 0 spiro atoms. The first-order valence-corrected chi connectivity index (χ1v) is 11.2. The molecule has 7 nitrogen and oxygen atoms in total. The Morgan fingerprint density at radius 2 is 1.61 bits per heavy atom. The van der Waals surface area contributed by atoms with Gasteiger partial charge in [-0.05, 0) is 30.7 Å². The third-order valence-corrected chi connectivity index (χ3v) is 6.36. The summed E-state index contributed by atoms with van der Waals surface area (Å²) in [4.78, 5) is 26.7. The first-order valence-electron chi connectivity index (χ1n) is 10.4. The molecule has 33 heavy (non-hydrogen) atoms. The normalized spacial score (nSPS) is 11.4. The molecule has 0 unspecified atom stereocenters. The number of hydrogen-bond acceptors (Lipinski definition) is 7. The Bertz CT molecular complexity index is 1100. The zero-order valence-electron chi connectivity index (χ0n) is 19.3. The highest BCUT2D eigenvalue weighted by molar-refractivity contribution is 7.16. The number of esters is 1. The molecule has 0 aliphatic carbocycles. The summed E-state index contributed by atoms with van der Waals surface area (Å²) in [6.45, 7) is 4.03. The number of nitrogens with one attached hydrogen (secondary N) is 1. The van der Waals surface area contributed by atoms with Crippen LogP contribution in [-0.2, 0) is 4.74 Å². The van der Waals surface area contributed by atoms with Crippen molar-refractivity contribution < 1.29 is 28.5 Å². The van der Waals surface area contributed by atoms with Crippen LogP contribution in [0.1, 0.15) is 50.9 Å². The fraction of sp³-hybridized carbons (Fsp3) is 0.280. The Labute approximate surface area is 197 Å². The van der Waals surface area contributed by atoms with Crippen molar-refractivity contribution in [1.82, 2.24) is 0 Å². The predicted molar refractivity (Wildman–Crippen MR) is 128 cm³/mol. The molecular weight excluding hydrogens is 442 g/mol. The molecule has 1 amide bonds. The summed E-state index contributed by atoms with van der Waals surface area (Å²) in [5.74, 6) is 0.241. The van der Waals surface area contributed by atoms with Gasteiger partial charge in [-0.2, -0.15) is 0 Å². The van der Waals surface area contributed by atoms with Crippen LogP contribution < -0.4 is 19.5 Å². The van der Waals surface area contributed by atoms with Crippen LogP contribution in [-0.4, -0.2) is 39.8 Å². The maximum absolute atomic E-state index is 13.1. The maximum Gasteiger partial charge on any atom is 0.341 e. The van der Waals surface area contributed by atoms with Gasteiger partial charge < -0.3 is 24.3 Å². The molecule has 0 saturated carbocycles. The van der Waals surface area contributed by atoms with Crippen LogP contribution >= 0.6 is 11.3 Å². The third-order valence-electron chi connectivity index (χ3n) is 5.13. The minimum atomic E-state index is -0.486. The zero-order chi connectivity index (χ0) is 24.0. The van der Waals surface area contributed by atoms with Gasteiger partial charge in [0.15, 0.2) is 11.5 Å². The van der Waals surface area contributed by atoms with Crippen molar-refractivity contribution in [3.05, 3.63) is 70.1 Å². The van der Waals surface area contributed by atoms with Gasteiger partial charge in [0.25, 0.3) is 5.91 Å². The Balaban J connectivity index is 1.97. The van der Waals surface area contributed by atoms with Gasteiger partial charge >= 0.3 is 5.97 Å². The van der Waals surface area contributed by atoms with E-state index < -0.39 is 11.9 Å². The predicted octanol–water partition coefficient (Wildman–Crippen LogP) is 5.35. The molecule has 3 aromatic rings. The van der Waals surface area contributed by atoms with Crippen molar-refractivity contribution >= 4 is 28.2 Å². The minimum absolute atomic E-state index is 0.0382. The zero-order valence-corrected chi connectivity index (χ0v) is 20.1. The Kier molecular flexibility index (Phi) is 7.95. The second-order valence-electron chi connectivity index (χ2n) is 7.11. The van der Waals surface area contributed by atoms with Crippen LogP contribution in [0, 0.1) is 0 Å². The van der Waals surface area contributed by atoms with Gasteiger partial charge in [-0.25, -0.2) is 4.79 Å². The summed E-state index contributed by atoms with van der Waals surface area (Å²) >= 11 is 1.35. The highest BCUT2D eigenvalue weighted by atomic mass is 32.1. The number of anilines is 1. The molecule has 0 aliphatic rings. The molecule has 2 aromatic carbocycles. The van der Waals surface area contributed by atoms with Gasteiger partial charge in [-0.3, -0.25) is 4.79 Å². The summed E-state index contributed by atoms with van der Waals surface area (Å²) < 4.78 is 21.2. The molecule has 0 radical (unpaired) electrons. The summed E-state index contributed by atoms with van der Waals surface area (Å²) in [6.07, 6.45) is 0. The molecule has 0 saturated heterocycles. The second kappa shape index (κ2) is 10.9. The lowest BCUT2D eigenvalue weighted by Gasteiger charge is -2.14. The topological polar surface area (TPSA) is 83.1 Å². The molecule has 1 heterocycles. The monoisotopic (exact) mass is 469 g/mol. The lowest BCUT2D eigenvalue weighted by Crippen LogP contribution is -2.14. The van der Waals surface area contributed by atoms with Crippen molar-refractivity contribution in [3.63, 3.8) is 0 Å². The van der Waals surface area contributed by atoms with Gasteiger partial charge in [0.2, 0.25) is 5.75 Å². The molecule has 0 bridgehead atoms. The smallest absolute Gasteiger partial charge is 0.341 e. The number of rotatable bonds is 9. The number of thiophene rings is 1. The number of carbonyl (C=O) groups excluding carboxylic acids is 2. The van der Waals surface area contributed by atoms with Gasteiger partial charge in [-0.15, -0.1) is 11.3 Å². The molecule has 1 atom stereocenters. The lowest BCUT2D eigenvalue weighted by atomic mass is 9.99. The van der Waals surface area contributed by atoms with E-state index in [1.54, 1.807) is 25.1 Å². The van der Waals surface area contributed by atoms with Crippen molar-refractivity contribution in [2.75, 3.05) is 33.3 Å². The van der Waals surface area contributed by atoms with Crippen LogP contribution in [0.5, 0.6) is 17.2 Å². The van der Waals surface area contributed by atoms with Crippen molar-refractivity contribution in [2.45, 2.75) is 19.8 Å². The van der Waals surface area contributed by atoms with E-state index in [-0.39, 0.29) is 12.5 Å². The van der Waals surface area contributed by atoms with Crippen molar-refractivity contribution in [3.8, 4) is 17.2 Å². The highest BCUT2D eigenvalue weighted by Crippen LogP contribution is 2.40. The number of hydrogen-bond donors (Lipinski definition) is 1. The van der Waals surface area contributed by atoms with Crippen LogP contribution in [0.3, 0.4) is 0 Å². The summed E-state index contributed by atoms with van der Waals surface area (Å²) in [6, 6.07) is 14.9. The van der Waals surface area contributed by atoms with Gasteiger partial charge in [0.05, 0.1) is 33.5 Å². The van der Waals surface area contributed by atoms with Crippen LogP contribution in [0.4, 0.5) is 5.00 Å². The molecule has 0 aliphatic heterocycles. The summed E-state index contributed by atoms with van der Waals surface area (Å²) in [7, 11) is 4.45. The van der Waals surface area contributed by atoms with E-state index in [0.29, 0.717) is 33.4 Å². The van der Waals surface area contributed by atoms with E-state index in [9.17, 15) is 9.59 Å². The molecule has 1 N–H and O–H groups in total. The minimum Gasteiger partial charge on any atom is -0.493 e. The SMILES string of the molecule is CCOC(=O)c1cc([C@H](C)c2ccccc2)sc1NC(=O)c1cc(OC)c(OC)c(OC)c1. The Morgan fingerprint density at radius 3 is 2.15 bits per heavy atom. The molecule has 174 valence electrons. The number of ether oxygens (including phenoxy) is 4. The second-order valence-corrected chi connectivity index (χ2v) is 8.20. The van der Waals surface area contributed by atoms with Crippen molar-refractivity contribution in [1.29, 1.82) is 0 Å². The molecular formula is C25H27NO6S. The lowest BCUT2D eigenvalue weighted by molar-refractivity contribution is 0.0528. The van der Waals surface area contributed by atoms with Gasteiger partial charge in [0, 0.05) is 16.4 Å². The Morgan fingerprint density at radius 1 is 0.970 bits per heavy atom.